The lowest BCUT2D eigenvalue weighted by atomic mass is 10.1. The molecule has 100 valence electrons. The van der Waals surface area contributed by atoms with Crippen molar-refractivity contribution in [1.29, 1.82) is 0 Å². The number of halogens is 1. The highest BCUT2D eigenvalue weighted by Gasteiger charge is 2.11. The molecule has 0 saturated carbocycles. The Morgan fingerprint density at radius 2 is 2.00 bits per heavy atom. The number of amides is 1. The van der Waals surface area contributed by atoms with E-state index < -0.39 is 0 Å². The average molecular weight is 338 g/mol. The quantitative estimate of drug-likeness (QED) is 0.885. The topological polar surface area (TPSA) is 29.1 Å². The van der Waals surface area contributed by atoms with Gasteiger partial charge in [0.2, 0.25) is 0 Å². The van der Waals surface area contributed by atoms with Gasteiger partial charge in [-0.3, -0.25) is 4.79 Å². The predicted molar refractivity (Wildman–Crippen MR) is 83.8 cm³/mol. The minimum atomic E-state index is -0.0423. The zero-order valence-corrected chi connectivity index (χ0v) is 13.6. The van der Waals surface area contributed by atoms with Gasteiger partial charge in [0.05, 0.1) is 12.1 Å². The molecule has 0 aliphatic rings. The van der Waals surface area contributed by atoms with Crippen LogP contribution in [0.3, 0.4) is 0 Å². The maximum absolute atomic E-state index is 12.1. The number of nitrogens with one attached hydrogen (secondary N) is 1. The van der Waals surface area contributed by atoms with Crippen molar-refractivity contribution in [2.24, 2.45) is 0 Å². The fourth-order valence-electron chi connectivity index (χ4n) is 1.82. The molecule has 0 spiro atoms. The maximum atomic E-state index is 12.1. The molecule has 2 aromatic rings. The Morgan fingerprint density at radius 3 is 2.63 bits per heavy atom. The third-order valence-corrected chi connectivity index (χ3v) is 5.28. The Labute approximate surface area is 126 Å². The number of aryl methyl sites for hydroxylation is 3. The molecule has 0 unspecified atom stereocenters. The molecule has 0 radical (unpaired) electrons. The van der Waals surface area contributed by atoms with Crippen molar-refractivity contribution in [1.82, 2.24) is 5.32 Å². The van der Waals surface area contributed by atoms with E-state index in [1.54, 1.807) is 11.3 Å². The van der Waals surface area contributed by atoms with Gasteiger partial charge < -0.3 is 5.32 Å². The van der Waals surface area contributed by atoms with Crippen molar-refractivity contribution in [2.45, 2.75) is 27.3 Å². The molecule has 0 fully saturated rings. The highest BCUT2D eigenvalue weighted by atomic mass is 79.9. The van der Waals surface area contributed by atoms with Gasteiger partial charge in [0.1, 0.15) is 0 Å². The van der Waals surface area contributed by atoms with Gasteiger partial charge in [-0.25, -0.2) is 0 Å². The van der Waals surface area contributed by atoms with Crippen molar-refractivity contribution in [2.75, 3.05) is 0 Å². The van der Waals surface area contributed by atoms with Crippen LogP contribution >= 0.6 is 27.3 Å². The van der Waals surface area contributed by atoms with E-state index >= 15 is 0 Å². The number of hydrogen-bond acceptors (Lipinski definition) is 2. The molecular weight excluding hydrogens is 322 g/mol. The smallest absolute Gasteiger partial charge is 0.252 e. The van der Waals surface area contributed by atoms with Crippen LogP contribution in [0, 0.1) is 20.8 Å². The minimum Gasteiger partial charge on any atom is -0.347 e. The lowest BCUT2D eigenvalue weighted by molar-refractivity contribution is 0.0950. The first kappa shape index (κ1) is 14.3. The van der Waals surface area contributed by atoms with Gasteiger partial charge in [-0.15, -0.1) is 11.3 Å². The molecule has 1 aromatic carbocycles. The molecule has 1 N–H and O–H groups in total. The molecule has 2 rings (SSSR count). The Hall–Kier alpha value is -1.13. The Morgan fingerprint density at radius 1 is 1.26 bits per heavy atom. The second-order valence-electron chi connectivity index (χ2n) is 4.57. The minimum absolute atomic E-state index is 0.0423. The molecule has 0 aliphatic carbocycles. The van der Waals surface area contributed by atoms with Crippen molar-refractivity contribution < 1.29 is 4.79 Å². The van der Waals surface area contributed by atoms with E-state index in [1.807, 2.05) is 25.1 Å². The molecule has 2 nitrogen and oxygen atoms in total. The van der Waals surface area contributed by atoms with Crippen LogP contribution in [0.15, 0.2) is 28.7 Å². The molecule has 1 aromatic heterocycles. The number of thiophene rings is 1. The molecule has 0 bridgehead atoms. The summed E-state index contributed by atoms with van der Waals surface area (Å²) in [6.45, 7) is 6.75. The zero-order valence-electron chi connectivity index (χ0n) is 11.2. The summed E-state index contributed by atoms with van der Waals surface area (Å²) in [7, 11) is 0. The van der Waals surface area contributed by atoms with Crippen molar-refractivity contribution in [3.05, 3.63) is 55.2 Å². The van der Waals surface area contributed by atoms with E-state index in [2.05, 4.69) is 41.2 Å². The first-order valence-corrected chi connectivity index (χ1v) is 7.69. The van der Waals surface area contributed by atoms with Crippen LogP contribution < -0.4 is 5.32 Å². The van der Waals surface area contributed by atoms with Gasteiger partial charge in [-0.05, 0) is 60.0 Å². The Balaban J connectivity index is 2.07. The molecule has 0 saturated heterocycles. The normalized spacial score (nSPS) is 10.5. The van der Waals surface area contributed by atoms with Gasteiger partial charge >= 0.3 is 0 Å². The standard InChI is InChI=1S/C15H16BrNOS/c1-9-5-4-6-13(14(9)16)15(18)17-8-12-7-10(2)11(3)19-12/h4-7H,8H2,1-3H3,(H,17,18). The van der Waals surface area contributed by atoms with E-state index in [0.29, 0.717) is 12.1 Å². The van der Waals surface area contributed by atoms with Crippen molar-refractivity contribution >= 4 is 33.2 Å². The van der Waals surface area contributed by atoms with E-state index in [1.165, 1.54) is 15.3 Å². The average Bonchev–Trinajstić information content (AvgIpc) is 2.69. The first-order chi connectivity index (χ1) is 8.99. The third kappa shape index (κ3) is 3.25. The summed E-state index contributed by atoms with van der Waals surface area (Å²) in [5, 5.41) is 2.97. The number of hydrogen-bond donors (Lipinski definition) is 1. The first-order valence-electron chi connectivity index (χ1n) is 6.08. The van der Waals surface area contributed by atoms with Crippen LogP contribution in [-0.2, 0) is 6.54 Å². The van der Waals surface area contributed by atoms with Crippen LogP contribution in [0.4, 0.5) is 0 Å². The second-order valence-corrected chi connectivity index (χ2v) is 6.70. The Bertz CT molecular complexity index is 599. The largest absolute Gasteiger partial charge is 0.347 e. The van der Waals surface area contributed by atoms with E-state index in [9.17, 15) is 4.79 Å². The predicted octanol–water partition coefficient (Wildman–Crippen LogP) is 4.37. The summed E-state index contributed by atoms with van der Waals surface area (Å²) in [6.07, 6.45) is 0. The summed E-state index contributed by atoms with van der Waals surface area (Å²) in [5.41, 5.74) is 3.03. The zero-order chi connectivity index (χ0) is 14.0. The Kier molecular flexibility index (Phi) is 4.42. The van der Waals surface area contributed by atoms with Crippen LogP contribution in [0.5, 0.6) is 0 Å². The monoisotopic (exact) mass is 337 g/mol. The second kappa shape index (κ2) is 5.88. The summed E-state index contributed by atoms with van der Waals surface area (Å²) in [4.78, 5) is 14.6. The lowest BCUT2D eigenvalue weighted by Gasteiger charge is -2.07. The molecule has 1 amide bonds. The van der Waals surface area contributed by atoms with Crippen molar-refractivity contribution in [3.8, 4) is 0 Å². The molecule has 19 heavy (non-hydrogen) atoms. The van der Waals surface area contributed by atoms with Gasteiger partial charge in [-0.2, -0.15) is 0 Å². The SMILES string of the molecule is Cc1cc(CNC(=O)c2cccc(C)c2Br)sc1C. The molecular formula is C15H16BrNOS. The summed E-state index contributed by atoms with van der Waals surface area (Å²) >= 11 is 5.20. The highest BCUT2D eigenvalue weighted by Crippen LogP contribution is 2.22. The van der Waals surface area contributed by atoms with Crippen LogP contribution in [0.2, 0.25) is 0 Å². The molecule has 1 heterocycles. The highest BCUT2D eigenvalue weighted by molar-refractivity contribution is 9.10. The summed E-state index contributed by atoms with van der Waals surface area (Å²) in [5.74, 6) is -0.0423. The van der Waals surface area contributed by atoms with Crippen LogP contribution in [0.25, 0.3) is 0 Å². The third-order valence-electron chi connectivity index (χ3n) is 3.08. The van der Waals surface area contributed by atoms with Gasteiger partial charge in [0, 0.05) is 14.2 Å². The fourth-order valence-corrected chi connectivity index (χ4v) is 3.26. The number of benzene rings is 1. The van der Waals surface area contributed by atoms with Crippen LogP contribution in [0.1, 0.15) is 31.2 Å². The van der Waals surface area contributed by atoms with Gasteiger partial charge in [-0.1, -0.05) is 12.1 Å². The summed E-state index contributed by atoms with van der Waals surface area (Å²) in [6, 6.07) is 7.84. The molecule has 0 atom stereocenters. The van der Waals surface area contributed by atoms with E-state index in [0.717, 1.165) is 10.0 Å². The fraction of sp³-hybridized carbons (Fsp3) is 0.267. The van der Waals surface area contributed by atoms with Gasteiger partial charge in [0.25, 0.3) is 5.91 Å². The number of carbonyl (C=O) groups excluding carboxylic acids is 1. The van der Waals surface area contributed by atoms with Gasteiger partial charge in [0.15, 0.2) is 0 Å². The number of rotatable bonds is 3. The summed E-state index contributed by atoms with van der Waals surface area (Å²) < 4.78 is 0.867. The maximum Gasteiger partial charge on any atom is 0.252 e. The van der Waals surface area contributed by atoms with E-state index in [4.69, 9.17) is 0 Å². The number of carbonyl (C=O) groups is 1. The van der Waals surface area contributed by atoms with Crippen molar-refractivity contribution in [3.63, 3.8) is 0 Å². The molecule has 4 heteroatoms. The van der Waals surface area contributed by atoms with Crippen LogP contribution in [-0.4, -0.2) is 5.91 Å². The lowest BCUT2D eigenvalue weighted by Crippen LogP contribution is -2.22. The van der Waals surface area contributed by atoms with E-state index in [-0.39, 0.29) is 5.91 Å². The molecule has 0 aliphatic heterocycles.